The molecule has 0 saturated heterocycles. The Balaban J connectivity index is 2.30. The summed E-state index contributed by atoms with van der Waals surface area (Å²) >= 11 is 0. The van der Waals surface area contributed by atoms with Gasteiger partial charge in [0.1, 0.15) is 5.69 Å². The van der Waals surface area contributed by atoms with Gasteiger partial charge >= 0.3 is 5.97 Å². The minimum Gasteiger partial charge on any atom is -0.477 e. The van der Waals surface area contributed by atoms with Gasteiger partial charge in [0, 0.05) is 23.1 Å². The number of aliphatic hydroxyl groups excluding tert-OH is 2. The van der Waals surface area contributed by atoms with Crippen LogP contribution in [0.15, 0.2) is 24.3 Å². The van der Waals surface area contributed by atoms with E-state index in [1.807, 2.05) is 0 Å². The lowest BCUT2D eigenvalue weighted by Gasteiger charge is -2.10. The molecule has 2 aromatic rings. The van der Waals surface area contributed by atoms with Crippen LogP contribution in [0.4, 0.5) is 5.69 Å². The van der Waals surface area contributed by atoms with Crippen LogP contribution in [0.1, 0.15) is 10.5 Å². The number of aliphatic hydroxyl groups is 2. The maximum Gasteiger partial charge on any atom is 0.352 e. The zero-order chi connectivity index (χ0) is 13.1. The molecule has 0 fully saturated rings. The van der Waals surface area contributed by atoms with E-state index >= 15 is 0 Å². The summed E-state index contributed by atoms with van der Waals surface area (Å²) in [5.74, 6) is -1.02. The Kier molecular flexibility index (Phi) is 3.50. The average Bonchev–Trinajstić information content (AvgIpc) is 2.80. The van der Waals surface area contributed by atoms with Gasteiger partial charge in [0.25, 0.3) is 0 Å². The van der Waals surface area contributed by atoms with E-state index in [-0.39, 0.29) is 18.8 Å². The maximum atomic E-state index is 10.9. The number of carboxylic acids is 1. The van der Waals surface area contributed by atoms with Gasteiger partial charge in [-0.25, -0.2) is 4.79 Å². The number of rotatable bonds is 5. The first-order valence-corrected chi connectivity index (χ1v) is 5.49. The molecule has 1 aromatic heterocycles. The molecule has 0 aliphatic heterocycles. The molecule has 0 aliphatic carbocycles. The maximum absolute atomic E-state index is 10.9. The van der Waals surface area contributed by atoms with E-state index in [1.54, 1.807) is 18.2 Å². The van der Waals surface area contributed by atoms with E-state index in [0.717, 1.165) is 5.39 Å². The Bertz CT molecular complexity index is 564. The Morgan fingerprint density at radius 2 is 2.22 bits per heavy atom. The number of benzene rings is 1. The molecule has 1 atom stereocenters. The van der Waals surface area contributed by atoms with E-state index in [2.05, 4.69) is 10.3 Å². The van der Waals surface area contributed by atoms with Crippen molar-refractivity contribution in [2.45, 2.75) is 6.10 Å². The number of nitrogens with one attached hydrogen (secondary N) is 2. The fourth-order valence-corrected chi connectivity index (χ4v) is 1.72. The highest BCUT2D eigenvalue weighted by Gasteiger charge is 2.10. The van der Waals surface area contributed by atoms with E-state index in [0.29, 0.717) is 11.2 Å². The predicted octanol–water partition coefficient (Wildman–Crippen LogP) is 0.631. The van der Waals surface area contributed by atoms with Crippen molar-refractivity contribution in [1.82, 2.24) is 4.98 Å². The zero-order valence-electron chi connectivity index (χ0n) is 9.55. The second-order valence-corrected chi connectivity index (χ2v) is 3.97. The molecule has 0 spiro atoms. The van der Waals surface area contributed by atoms with Crippen molar-refractivity contribution in [3.63, 3.8) is 0 Å². The number of fused-ring (bicyclic) bond motifs is 1. The number of hydrogen-bond donors (Lipinski definition) is 5. The van der Waals surface area contributed by atoms with Gasteiger partial charge in [-0.2, -0.15) is 0 Å². The van der Waals surface area contributed by atoms with Crippen LogP contribution in [0, 0.1) is 0 Å². The van der Waals surface area contributed by atoms with Crippen LogP contribution in [-0.4, -0.2) is 45.5 Å². The molecule has 0 saturated carbocycles. The number of carbonyl (C=O) groups is 1. The van der Waals surface area contributed by atoms with Crippen molar-refractivity contribution >= 4 is 22.6 Å². The summed E-state index contributed by atoms with van der Waals surface area (Å²) in [7, 11) is 0. The van der Waals surface area contributed by atoms with Gasteiger partial charge in [-0.3, -0.25) is 0 Å². The number of aromatic nitrogens is 1. The Hall–Kier alpha value is -2.05. The zero-order valence-corrected chi connectivity index (χ0v) is 9.55. The van der Waals surface area contributed by atoms with Gasteiger partial charge in [0.2, 0.25) is 0 Å². The Labute approximate surface area is 103 Å². The van der Waals surface area contributed by atoms with Gasteiger partial charge in [-0.05, 0) is 18.2 Å². The number of carboxylic acid groups (broad SMARTS) is 1. The quantitative estimate of drug-likeness (QED) is 0.535. The topological polar surface area (TPSA) is 106 Å². The molecule has 0 amide bonds. The molecule has 18 heavy (non-hydrogen) atoms. The molecule has 1 unspecified atom stereocenters. The van der Waals surface area contributed by atoms with Crippen molar-refractivity contribution in [3.05, 3.63) is 30.0 Å². The number of hydrogen-bond acceptors (Lipinski definition) is 4. The molecule has 0 bridgehead atoms. The van der Waals surface area contributed by atoms with Gasteiger partial charge in [-0.1, -0.05) is 6.07 Å². The number of anilines is 1. The fraction of sp³-hybridized carbons (Fsp3) is 0.250. The summed E-state index contributed by atoms with van der Waals surface area (Å²) in [6.07, 6.45) is -0.849. The highest BCUT2D eigenvalue weighted by Crippen LogP contribution is 2.24. The lowest BCUT2D eigenvalue weighted by molar-refractivity contribution is 0.0691. The highest BCUT2D eigenvalue weighted by molar-refractivity contribution is 5.99. The minimum absolute atomic E-state index is 0.113. The highest BCUT2D eigenvalue weighted by atomic mass is 16.4. The summed E-state index contributed by atoms with van der Waals surface area (Å²) in [6.45, 7) is -0.125. The van der Waals surface area contributed by atoms with E-state index in [9.17, 15) is 9.90 Å². The van der Waals surface area contributed by atoms with E-state index < -0.39 is 12.1 Å². The molecule has 2 rings (SSSR count). The van der Waals surface area contributed by atoms with Gasteiger partial charge in [-0.15, -0.1) is 0 Å². The molecule has 0 radical (unpaired) electrons. The summed E-state index contributed by atoms with van der Waals surface area (Å²) in [5, 5.41) is 30.6. The van der Waals surface area contributed by atoms with Gasteiger partial charge < -0.3 is 25.6 Å². The first-order chi connectivity index (χ1) is 8.61. The average molecular weight is 250 g/mol. The molecule has 1 heterocycles. The van der Waals surface area contributed by atoms with Crippen molar-refractivity contribution in [1.29, 1.82) is 0 Å². The monoisotopic (exact) mass is 250 g/mol. The van der Waals surface area contributed by atoms with Crippen LogP contribution in [0.2, 0.25) is 0 Å². The van der Waals surface area contributed by atoms with Crippen molar-refractivity contribution in [2.75, 3.05) is 18.5 Å². The standard InChI is InChI=1S/C12H14N2O4/c15-6-7(16)5-13-9-2-1-3-10-8(9)4-11(14-10)12(17)18/h1-4,7,13-16H,5-6H2,(H,17,18). The first kappa shape index (κ1) is 12.4. The largest absolute Gasteiger partial charge is 0.477 e. The molecule has 6 nitrogen and oxygen atoms in total. The van der Waals surface area contributed by atoms with Crippen LogP contribution < -0.4 is 5.32 Å². The third kappa shape index (κ3) is 2.44. The number of aromatic amines is 1. The summed E-state index contributed by atoms with van der Waals surface area (Å²) in [5.41, 5.74) is 1.53. The minimum atomic E-state index is -1.02. The third-order valence-electron chi connectivity index (χ3n) is 2.63. The van der Waals surface area contributed by atoms with Crippen LogP contribution in [-0.2, 0) is 0 Å². The van der Waals surface area contributed by atoms with Crippen molar-refractivity contribution < 1.29 is 20.1 Å². The molecule has 96 valence electrons. The van der Waals surface area contributed by atoms with Crippen molar-refractivity contribution in [3.8, 4) is 0 Å². The third-order valence-corrected chi connectivity index (χ3v) is 2.63. The summed E-state index contributed by atoms with van der Waals surface area (Å²) < 4.78 is 0. The van der Waals surface area contributed by atoms with Crippen molar-refractivity contribution in [2.24, 2.45) is 0 Å². The second kappa shape index (κ2) is 5.07. The molecule has 5 N–H and O–H groups in total. The Morgan fingerprint density at radius 1 is 1.44 bits per heavy atom. The predicted molar refractivity (Wildman–Crippen MR) is 66.8 cm³/mol. The molecule has 0 aliphatic rings. The summed E-state index contributed by atoms with van der Waals surface area (Å²) in [4.78, 5) is 13.7. The molecule has 1 aromatic carbocycles. The fourth-order valence-electron chi connectivity index (χ4n) is 1.72. The van der Waals surface area contributed by atoms with Crippen LogP contribution in [0.25, 0.3) is 10.9 Å². The SMILES string of the molecule is O=C(O)c1cc2c(NCC(O)CO)cccc2[nH]1. The lowest BCUT2D eigenvalue weighted by atomic mass is 10.2. The van der Waals surface area contributed by atoms with E-state index in [4.69, 9.17) is 10.2 Å². The second-order valence-electron chi connectivity index (χ2n) is 3.97. The number of H-pyrrole nitrogens is 1. The van der Waals surface area contributed by atoms with Crippen LogP contribution >= 0.6 is 0 Å². The molecule has 6 heteroatoms. The summed E-state index contributed by atoms with van der Waals surface area (Å²) in [6, 6.07) is 6.87. The number of aromatic carboxylic acids is 1. The molecular formula is C12H14N2O4. The first-order valence-electron chi connectivity index (χ1n) is 5.49. The van der Waals surface area contributed by atoms with Gasteiger partial charge in [0.15, 0.2) is 0 Å². The molecular weight excluding hydrogens is 236 g/mol. The lowest BCUT2D eigenvalue weighted by Crippen LogP contribution is -2.22. The van der Waals surface area contributed by atoms with Crippen LogP contribution in [0.5, 0.6) is 0 Å². The normalized spacial score (nSPS) is 12.6. The van der Waals surface area contributed by atoms with Gasteiger partial charge in [0.05, 0.1) is 12.7 Å². The smallest absolute Gasteiger partial charge is 0.352 e. The van der Waals surface area contributed by atoms with E-state index in [1.165, 1.54) is 6.07 Å². The Morgan fingerprint density at radius 3 is 2.89 bits per heavy atom. The van der Waals surface area contributed by atoms with Crippen LogP contribution in [0.3, 0.4) is 0 Å².